The third-order valence-corrected chi connectivity index (χ3v) is 3.25. The Kier molecular flexibility index (Phi) is 3.88. The highest BCUT2D eigenvalue weighted by molar-refractivity contribution is 6.52. The molecule has 0 atom stereocenters. The molecule has 0 radical (unpaired) electrons. The largest absolute Gasteiger partial charge is 0.466 e. The third kappa shape index (κ3) is 2.56. The van der Waals surface area contributed by atoms with Gasteiger partial charge in [-0.15, -0.1) is 0 Å². The standard InChI is InChI=1S/C15H14FNO4/c1-8-6-10-12(11(16)7-8)17(14(19)13(10)18)5-4-9(2)15(20)21-3/h4,6-7H,5H2,1-3H3. The summed E-state index contributed by atoms with van der Waals surface area (Å²) in [6, 6.07) is 2.74. The smallest absolute Gasteiger partial charge is 0.333 e. The van der Waals surface area contributed by atoms with Gasteiger partial charge in [0.1, 0.15) is 5.82 Å². The molecule has 1 amide bonds. The summed E-state index contributed by atoms with van der Waals surface area (Å²) in [6.07, 6.45) is 1.42. The van der Waals surface area contributed by atoms with Crippen molar-refractivity contribution in [3.8, 4) is 0 Å². The highest BCUT2D eigenvalue weighted by atomic mass is 19.1. The fourth-order valence-corrected chi connectivity index (χ4v) is 2.17. The van der Waals surface area contributed by atoms with Crippen LogP contribution in [-0.2, 0) is 14.3 Å². The van der Waals surface area contributed by atoms with Crippen LogP contribution in [-0.4, -0.2) is 31.3 Å². The lowest BCUT2D eigenvalue weighted by molar-refractivity contribution is -0.136. The number of benzene rings is 1. The van der Waals surface area contributed by atoms with Gasteiger partial charge in [0.05, 0.1) is 18.4 Å². The molecule has 2 rings (SSSR count). The topological polar surface area (TPSA) is 63.7 Å². The van der Waals surface area contributed by atoms with Crippen molar-refractivity contribution in [2.75, 3.05) is 18.6 Å². The molecule has 1 aromatic carbocycles. The Hall–Kier alpha value is -2.50. The number of Topliss-reactive ketones (excluding diaryl/α,β-unsaturated/α-hetero) is 1. The third-order valence-electron chi connectivity index (χ3n) is 3.25. The van der Waals surface area contributed by atoms with Gasteiger partial charge >= 0.3 is 5.97 Å². The number of hydrogen-bond acceptors (Lipinski definition) is 4. The first kappa shape index (κ1) is 14.9. The van der Waals surface area contributed by atoms with Crippen LogP contribution in [0.25, 0.3) is 0 Å². The molecule has 1 aliphatic rings. The van der Waals surface area contributed by atoms with Crippen molar-refractivity contribution >= 4 is 23.3 Å². The number of ketones is 1. The van der Waals surface area contributed by atoms with Crippen molar-refractivity contribution in [2.24, 2.45) is 0 Å². The molecule has 0 aromatic heterocycles. The number of nitrogens with zero attached hydrogens (tertiary/aromatic N) is 1. The van der Waals surface area contributed by atoms with Crippen molar-refractivity contribution in [1.82, 2.24) is 0 Å². The highest BCUT2D eigenvalue weighted by Gasteiger charge is 2.37. The van der Waals surface area contributed by atoms with Gasteiger partial charge in [-0.1, -0.05) is 6.08 Å². The maximum Gasteiger partial charge on any atom is 0.333 e. The number of carbonyl (C=O) groups excluding carboxylic acids is 3. The van der Waals surface area contributed by atoms with Crippen LogP contribution in [0, 0.1) is 12.7 Å². The van der Waals surface area contributed by atoms with E-state index in [4.69, 9.17) is 0 Å². The minimum atomic E-state index is -0.802. The van der Waals surface area contributed by atoms with E-state index in [-0.39, 0.29) is 23.4 Å². The summed E-state index contributed by atoms with van der Waals surface area (Å²) in [4.78, 5) is 36.1. The maximum absolute atomic E-state index is 14.0. The molecule has 0 N–H and O–H groups in total. The average Bonchev–Trinajstić information content (AvgIpc) is 2.68. The first-order valence-corrected chi connectivity index (χ1v) is 6.28. The first-order valence-electron chi connectivity index (χ1n) is 6.28. The summed E-state index contributed by atoms with van der Waals surface area (Å²) >= 11 is 0. The SMILES string of the molecule is COC(=O)C(C)=CCN1C(=O)C(=O)c2cc(C)cc(F)c21. The Bertz CT molecular complexity index is 678. The Morgan fingerprint density at radius 2 is 2.05 bits per heavy atom. The number of methoxy groups -OCH3 is 1. The van der Waals surface area contributed by atoms with E-state index in [1.54, 1.807) is 6.92 Å². The van der Waals surface area contributed by atoms with Gasteiger partial charge in [-0.25, -0.2) is 9.18 Å². The lowest BCUT2D eigenvalue weighted by atomic mass is 10.1. The van der Waals surface area contributed by atoms with Crippen LogP contribution in [0.3, 0.4) is 0 Å². The molecule has 21 heavy (non-hydrogen) atoms. The van der Waals surface area contributed by atoms with Crippen molar-refractivity contribution in [3.05, 3.63) is 40.7 Å². The lowest BCUT2D eigenvalue weighted by Gasteiger charge is -2.15. The number of carbonyl (C=O) groups is 3. The molecule has 0 fully saturated rings. The molecule has 0 bridgehead atoms. The number of fused-ring (bicyclic) bond motifs is 1. The molecule has 110 valence electrons. The number of anilines is 1. The summed E-state index contributed by atoms with van der Waals surface area (Å²) < 4.78 is 18.6. The van der Waals surface area contributed by atoms with Gasteiger partial charge in [0.25, 0.3) is 11.7 Å². The maximum atomic E-state index is 14.0. The fourth-order valence-electron chi connectivity index (χ4n) is 2.17. The van der Waals surface area contributed by atoms with Gasteiger partial charge in [0.2, 0.25) is 0 Å². The average molecular weight is 291 g/mol. The lowest BCUT2D eigenvalue weighted by Crippen LogP contribution is -2.30. The minimum Gasteiger partial charge on any atom is -0.466 e. The van der Waals surface area contributed by atoms with E-state index in [1.165, 1.54) is 32.2 Å². The van der Waals surface area contributed by atoms with Crippen LogP contribution >= 0.6 is 0 Å². The summed E-state index contributed by atoms with van der Waals surface area (Å²) in [5, 5.41) is 0. The van der Waals surface area contributed by atoms with E-state index in [9.17, 15) is 18.8 Å². The van der Waals surface area contributed by atoms with Crippen LogP contribution in [0.1, 0.15) is 22.8 Å². The molecular weight excluding hydrogens is 277 g/mol. The van der Waals surface area contributed by atoms with Gasteiger partial charge in [-0.3, -0.25) is 14.5 Å². The molecule has 6 heteroatoms. The number of esters is 1. The Morgan fingerprint density at radius 1 is 1.38 bits per heavy atom. The zero-order valence-electron chi connectivity index (χ0n) is 11.9. The number of hydrogen-bond donors (Lipinski definition) is 0. The number of aryl methyl sites for hydroxylation is 1. The zero-order valence-corrected chi connectivity index (χ0v) is 11.9. The second kappa shape index (κ2) is 5.47. The number of rotatable bonds is 3. The molecule has 0 saturated heterocycles. The Morgan fingerprint density at radius 3 is 2.67 bits per heavy atom. The van der Waals surface area contributed by atoms with Crippen molar-refractivity contribution in [2.45, 2.75) is 13.8 Å². The zero-order chi connectivity index (χ0) is 15.7. The number of amides is 1. The van der Waals surface area contributed by atoms with Gasteiger partial charge < -0.3 is 4.74 Å². The predicted molar refractivity (Wildman–Crippen MR) is 73.6 cm³/mol. The summed E-state index contributed by atoms with van der Waals surface area (Å²) in [5.41, 5.74) is 0.861. The molecule has 1 aliphatic heterocycles. The highest BCUT2D eigenvalue weighted by Crippen LogP contribution is 2.32. The second-order valence-electron chi connectivity index (χ2n) is 4.77. The Labute approximate surface area is 121 Å². The van der Waals surface area contributed by atoms with Gasteiger partial charge in [-0.2, -0.15) is 0 Å². The molecule has 5 nitrogen and oxygen atoms in total. The number of halogens is 1. The van der Waals surface area contributed by atoms with Crippen LogP contribution in [0.15, 0.2) is 23.8 Å². The van der Waals surface area contributed by atoms with E-state index < -0.39 is 23.5 Å². The minimum absolute atomic E-state index is 0.0375. The van der Waals surface area contributed by atoms with Crippen LogP contribution in [0.2, 0.25) is 0 Å². The van der Waals surface area contributed by atoms with Crippen molar-refractivity contribution in [3.63, 3.8) is 0 Å². The molecule has 1 aromatic rings. The predicted octanol–water partition coefficient (Wildman–Crippen LogP) is 1.78. The summed E-state index contributed by atoms with van der Waals surface area (Å²) in [7, 11) is 1.24. The first-order chi connectivity index (χ1) is 9.86. The van der Waals surface area contributed by atoms with Crippen LogP contribution in [0.5, 0.6) is 0 Å². The Balaban J connectivity index is 2.38. The molecule has 0 saturated carbocycles. The van der Waals surface area contributed by atoms with E-state index in [0.717, 1.165) is 4.90 Å². The van der Waals surface area contributed by atoms with E-state index in [1.807, 2.05) is 0 Å². The van der Waals surface area contributed by atoms with E-state index >= 15 is 0 Å². The van der Waals surface area contributed by atoms with Crippen LogP contribution < -0.4 is 4.90 Å². The molecule has 0 spiro atoms. The quantitative estimate of drug-likeness (QED) is 0.484. The second-order valence-corrected chi connectivity index (χ2v) is 4.77. The summed E-state index contributed by atoms with van der Waals surface area (Å²) in [6.45, 7) is 3.09. The van der Waals surface area contributed by atoms with E-state index in [2.05, 4.69) is 4.74 Å². The summed E-state index contributed by atoms with van der Waals surface area (Å²) in [5.74, 6) is -2.72. The van der Waals surface area contributed by atoms with E-state index in [0.29, 0.717) is 5.56 Å². The van der Waals surface area contributed by atoms with Gasteiger partial charge in [0.15, 0.2) is 0 Å². The van der Waals surface area contributed by atoms with Crippen molar-refractivity contribution < 1.29 is 23.5 Å². The van der Waals surface area contributed by atoms with Crippen LogP contribution in [0.4, 0.5) is 10.1 Å². The fraction of sp³-hybridized carbons (Fsp3) is 0.267. The number of ether oxygens (including phenoxy) is 1. The normalized spacial score (nSPS) is 14.5. The molecule has 1 heterocycles. The molecule has 0 aliphatic carbocycles. The molecular formula is C15H14FNO4. The van der Waals surface area contributed by atoms with Gasteiger partial charge in [-0.05, 0) is 31.5 Å². The van der Waals surface area contributed by atoms with Crippen molar-refractivity contribution in [1.29, 1.82) is 0 Å². The molecule has 0 unspecified atom stereocenters. The monoisotopic (exact) mass is 291 g/mol. The van der Waals surface area contributed by atoms with Gasteiger partial charge in [0, 0.05) is 12.1 Å².